The largest absolute Gasteiger partial charge is 0.483 e. The molecular weight excluding hydrogens is 1140 g/mol. The van der Waals surface area contributed by atoms with Crippen LogP contribution in [0.15, 0.2) is 48.5 Å². The number of fused-ring (bicyclic) bond motifs is 8. The van der Waals surface area contributed by atoms with E-state index >= 15 is 0 Å². The predicted molar refractivity (Wildman–Crippen MR) is 381 cm³/mol. The lowest BCUT2D eigenvalue weighted by Gasteiger charge is -2.29. The monoisotopic (exact) mass is 1270 g/mol. The van der Waals surface area contributed by atoms with Gasteiger partial charge in [0.25, 0.3) is 23.6 Å². The molecule has 4 amide bonds. The summed E-state index contributed by atoms with van der Waals surface area (Å²) in [5, 5.41) is 0. The van der Waals surface area contributed by atoms with Gasteiger partial charge in [-0.1, -0.05) is 236 Å². The molecule has 12 heteroatoms. The molecule has 0 saturated carbocycles. The summed E-state index contributed by atoms with van der Waals surface area (Å²) in [6.45, 7) is 37.4. The molecule has 8 bridgehead atoms. The van der Waals surface area contributed by atoms with Gasteiger partial charge in [-0.25, -0.2) is 0 Å². The summed E-state index contributed by atoms with van der Waals surface area (Å²) in [4.78, 5) is 64.8. The fourth-order valence-corrected chi connectivity index (χ4v) is 11.9. The number of unbranched alkanes of at least 4 members (excludes halogenated alkanes) is 12. The first kappa shape index (κ1) is 76.7. The third-order valence-electron chi connectivity index (χ3n) is 18.4. The van der Waals surface area contributed by atoms with Crippen LogP contribution in [0.4, 0.5) is 0 Å². The lowest BCUT2D eigenvalue weighted by molar-refractivity contribution is -0.132. The zero-order valence-electron chi connectivity index (χ0n) is 61.5. The molecule has 92 heavy (non-hydrogen) atoms. The Morgan fingerprint density at radius 3 is 0.598 bits per heavy atom. The molecule has 1 aliphatic carbocycles. The van der Waals surface area contributed by atoms with E-state index in [-0.39, 0.29) is 71.7 Å². The Morgan fingerprint density at radius 1 is 0.293 bits per heavy atom. The van der Waals surface area contributed by atoms with Crippen molar-refractivity contribution in [3.63, 3.8) is 0 Å². The molecule has 0 unspecified atom stereocenters. The zero-order valence-corrected chi connectivity index (χ0v) is 61.5. The third kappa shape index (κ3) is 23.2. The average molecular weight is 1270 g/mol. The Balaban J connectivity index is 1.97. The van der Waals surface area contributed by atoms with Gasteiger partial charge < -0.3 is 38.5 Å². The fourth-order valence-electron chi connectivity index (χ4n) is 11.9. The Hall–Kier alpha value is -6.04. The van der Waals surface area contributed by atoms with Crippen LogP contribution in [0.1, 0.15) is 280 Å². The highest BCUT2D eigenvalue weighted by atomic mass is 16.5. The van der Waals surface area contributed by atoms with E-state index in [1.54, 1.807) is 19.6 Å². The first-order chi connectivity index (χ1) is 43.3. The summed E-state index contributed by atoms with van der Waals surface area (Å²) >= 11 is 0. The maximum atomic E-state index is 14.4. The minimum absolute atomic E-state index is 0.105. The standard InChI is InChI=1S/C80H124N4O8/c1-21-25-29-33-37-81(17)69(85)53-89-73-57-41-59-47-66(78(8,9)10)49-61(74(59)90-54-70(86)82(18)38-34-30-26-22-2)43-63-51-68(80(14,15)16)52-64(76(63)92-56-72(88)84(20)40-36-32-28-24-4)44-62-50-67(79(11,12)13)48-60(42-58(73)46-65(45-57)77(5,6)7)75(62)91-55-71(87)83(19)39-35-31-27-23-3/h45-52H,21-44,53-56H2,1-20H3. The molecule has 4 aromatic carbocycles. The highest BCUT2D eigenvalue weighted by molar-refractivity contribution is 5.79. The molecule has 0 fully saturated rings. The van der Waals surface area contributed by atoms with Crippen molar-refractivity contribution >= 4 is 23.6 Å². The summed E-state index contributed by atoms with van der Waals surface area (Å²) < 4.78 is 28.5. The van der Waals surface area contributed by atoms with Crippen LogP contribution in [0.2, 0.25) is 0 Å². The predicted octanol–water partition coefficient (Wildman–Crippen LogP) is 17.2. The second-order valence-corrected chi connectivity index (χ2v) is 30.9. The van der Waals surface area contributed by atoms with Gasteiger partial charge in [0.15, 0.2) is 26.4 Å². The van der Waals surface area contributed by atoms with Crippen molar-refractivity contribution in [2.24, 2.45) is 0 Å². The van der Waals surface area contributed by atoms with Crippen molar-refractivity contribution in [2.75, 3.05) is 80.8 Å². The number of carbonyl (C=O) groups is 4. The van der Waals surface area contributed by atoms with E-state index in [2.05, 4.69) is 159 Å². The van der Waals surface area contributed by atoms with Crippen molar-refractivity contribution in [3.8, 4) is 23.0 Å². The minimum atomic E-state index is -0.329. The number of benzene rings is 4. The van der Waals surface area contributed by atoms with Crippen LogP contribution < -0.4 is 18.9 Å². The maximum Gasteiger partial charge on any atom is 0.260 e. The van der Waals surface area contributed by atoms with Gasteiger partial charge in [0, 0.05) is 80.1 Å². The molecule has 1 aliphatic rings. The molecular formula is C80H124N4O8. The number of carbonyl (C=O) groups excluding carboxylic acids is 4. The Labute approximate surface area is 558 Å². The Bertz CT molecular complexity index is 2540. The number of likely N-dealkylation sites (N-methyl/N-ethyl adjacent to an activating group) is 4. The Kier molecular flexibility index (Phi) is 29.6. The highest BCUT2D eigenvalue weighted by Crippen LogP contribution is 2.45. The van der Waals surface area contributed by atoms with E-state index in [1.165, 1.54) is 0 Å². The molecule has 0 spiro atoms. The van der Waals surface area contributed by atoms with Gasteiger partial charge in [-0.2, -0.15) is 0 Å². The summed E-state index contributed by atoms with van der Waals surface area (Å²) in [7, 11) is 7.48. The number of rotatable bonds is 32. The molecule has 12 nitrogen and oxygen atoms in total. The SMILES string of the molecule is CCCCCCN(C)C(=O)COc1c2cc(C(C)(C)C)cc1Cc1cc(C(C)(C)C)cc(c1OCC(=O)N(C)CCCCCC)Cc1cc(C(C)(C)C)cc(c1OCC(=O)N(C)CCCCCC)Cc1cc(C(C)(C)C)cc(c1OCC(=O)N(C)CCCCCC)C2. The molecule has 0 saturated heterocycles. The smallest absolute Gasteiger partial charge is 0.260 e. The van der Waals surface area contributed by atoms with Crippen LogP contribution in [0.3, 0.4) is 0 Å². The van der Waals surface area contributed by atoms with Gasteiger partial charge in [0.1, 0.15) is 23.0 Å². The second kappa shape index (κ2) is 35.5. The molecule has 0 N–H and O–H groups in total. The summed E-state index contributed by atoms with van der Waals surface area (Å²) in [5.41, 5.74) is 10.1. The van der Waals surface area contributed by atoms with Crippen molar-refractivity contribution in [3.05, 3.63) is 115 Å². The van der Waals surface area contributed by atoms with E-state index in [1.807, 2.05) is 28.2 Å². The molecule has 5 rings (SSSR count). The summed E-state index contributed by atoms with van der Waals surface area (Å²) in [6.07, 6.45) is 18.1. The van der Waals surface area contributed by atoms with Crippen molar-refractivity contribution in [2.45, 2.75) is 261 Å². The minimum Gasteiger partial charge on any atom is -0.483 e. The molecule has 512 valence electrons. The van der Waals surface area contributed by atoms with Crippen LogP contribution in [0.5, 0.6) is 23.0 Å². The van der Waals surface area contributed by atoms with E-state index in [0.29, 0.717) is 74.9 Å². The van der Waals surface area contributed by atoms with E-state index < -0.39 is 0 Å². The lowest BCUT2D eigenvalue weighted by Crippen LogP contribution is -2.33. The van der Waals surface area contributed by atoms with Gasteiger partial charge in [-0.05, 0) is 114 Å². The topological polar surface area (TPSA) is 118 Å². The number of hydrogen-bond acceptors (Lipinski definition) is 8. The first-order valence-electron chi connectivity index (χ1n) is 35.4. The van der Waals surface area contributed by atoms with E-state index in [9.17, 15) is 19.2 Å². The average Bonchev–Trinajstić information content (AvgIpc) is 0.775. The van der Waals surface area contributed by atoms with E-state index in [0.717, 1.165) is 169 Å². The van der Waals surface area contributed by atoms with Gasteiger partial charge >= 0.3 is 0 Å². The number of nitrogens with zero attached hydrogens (tertiary/aromatic N) is 4. The fraction of sp³-hybridized carbons (Fsp3) is 0.650. The van der Waals surface area contributed by atoms with Crippen LogP contribution in [-0.2, 0) is 66.5 Å². The van der Waals surface area contributed by atoms with Crippen LogP contribution in [0, 0.1) is 0 Å². The first-order valence-corrected chi connectivity index (χ1v) is 35.4. The van der Waals surface area contributed by atoms with Crippen LogP contribution >= 0.6 is 0 Å². The number of hydrogen-bond donors (Lipinski definition) is 0. The lowest BCUT2D eigenvalue weighted by atomic mass is 9.79. The van der Waals surface area contributed by atoms with Crippen molar-refractivity contribution < 1.29 is 38.1 Å². The second-order valence-electron chi connectivity index (χ2n) is 30.9. The van der Waals surface area contributed by atoms with Crippen molar-refractivity contribution in [1.29, 1.82) is 0 Å². The maximum absolute atomic E-state index is 14.4. The van der Waals surface area contributed by atoms with Gasteiger partial charge in [-0.15, -0.1) is 0 Å². The van der Waals surface area contributed by atoms with Gasteiger partial charge in [0.05, 0.1) is 0 Å². The van der Waals surface area contributed by atoms with Crippen LogP contribution in [-0.4, -0.2) is 124 Å². The highest BCUT2D eigenvalue weighted by Gasteiger charge is 2.31. The summed E-state index contributed by atoms with van der Waals surface area (Å²) in [5.74, 6) is 2.03. The number of amides is 4. The third-order valence-corrected chi connectivity index (χ3v) is 18.4. The van der Waals surface area contributed by atoms with Crippen LogP contribution in [0.25, 0.3) is 0 Å². The quantitative estimate of drug-likeness (QED) is 0.0391. The normalized spacial score (nSPS) is 12.7. The molecule has 0 heterocycles. The van der Waals surface area contributed by atoms with E-state index in [4.69, 9.17) is 18.9 Å². The zero-order chi connectivity index (χ0) is 68.1. The summed E-state index contributed by atoms with van der Waals surface area (Å²) in [6, 6.07) is 18.0. The molecule has 0 atom stereocenters. The molecule has 0 radical (unpaired) electrons. The van der Waals surface area contributed by atoms with Gasteiger partial charge in [0.2, 0.25) is 0 Å². The van der Waals surface area contributed by atoms with Crippen molar-refractivity contribution in [1.82, 2.24) is 19.6 Å². The van der Waals surface area contributed by atoms with Gasteiger partial charge in [-0.3, -0.25) is 19.2 Å². The molecule has 0 aromatic heterocycles. The molecule has 4 aromatic rings. The number of ether oxygens (including phenoxy) is 4. The Morgan fingerprint density at radius 2 is 0.457 bits per heavy atom. The molecule has 0 aliphatic heterocycles.